The van der Waals surface area contributed by atoms with Gasteiger partial charge in [0.1, 0.15) is 11.2 Å². The lowest BCUT2D eigenvalue weighted by Crippen LogP contribution is -2.10. The molecule has 0 aliphatic heterocycles. The molecule has 0 atom stereocenters. The minimum atomic E-state index is 0.865. The second-order valence-corrected chi connectivity index (χ2v) is 16.0. The van der Waals surface area contributed by atoms with Crippen LogP contribution in [0.1, 0.15) is 0 Å². The van der Waals surface area contributed by atoms with E-state index in [0.29, 0.717) is 0 Å². The molecule has 0 amide bonds. The second-order valence-electron chi connectivity index (χ2n) is 16.0. The van der Waals surface area contributed by atoms with Gasteiger partial charge in [-0.2, -0.15) is 0 Å². The zero-order valence-corrected chi connectivity index (χ0v) is 33.9. The zero-order chi connectivity index (χ0) is 41.0. The van der Waals surface area contributed by atoms with E-state index in [0.717, 1.165) is 55.7 Å². The smallest absolute Gasteiger partial charge is 0.145 e. The Labute approximate surface area is 360 Å². The minimum Gasteiger partial charge on any atom is -0.455 e. The van der Waals surface area contributed by atoms with Crippen molar-refractivity contribution in [3.8, 4) is 44.5 Å². The van der Waals surface area contributed by atoms with Crippen LogP contribution in [0.5, 0.6) is 0 Å². The Morgan fingerprint density at radius 3 is 1.68 bits per heavy atom. The van der Waals surface area contributed by atoms with E-state index < -0.39 is 0 Å². The quantitative estimate of drug-likeness (QED) is 0.150. The molecule has 0 bridgehead atoms. The predicted octanol–water partition coefficient (Wildman–Crippen LogP) is 17.2. The van der Waals surface area contributed by atoms with Gasteiger partial charge in [0.05, 0.1) is 11.1 Å². The molecule has 0 spiro atoms. The Kier molecular flexibility index (Phi) is 8.53. The normalized spacial score (nSPS) is 11.5. The van der Waals surface area contributed by atoms with Crippen LogP contribution in [0.3, 0.4) is 0 Å². The lowest BCUT2D eigenvalue weighted by molar-refractivity contribution is 0.670. The maximum atomic E-state index is 6.91. The summed E-state index contributed by atoms with van der Waals surface area (Å²) >= 11 is 0. The predicted molar refractivity (Wildman–Crippen MR) is 263 cm³/mol. The van der Waals surface area contributed by atoms with E-state index in [-0.39, 0.29) is 0 Å². The average molecular weight is 790 g/mol. The van der Waals surface area contributed by atoms with E-state index in [1.165, 1.54) is 60.1 Å². The van der Waals surface area contributed by atoms with Gasteiger partial charge in [0.15, 0.2) is 0 Å². The summed E-state index contributed by atoms with van der Waals surface area (Å²) < 4.78 is 6.91. The highest BCUT2D eigenvalue weighted by atomic mass is 16.3. The molecule has 12 rings (SSSR count). The molecule has 0 radical (unpaired) electrons. The molecular weight excluding hydrogens is 751 g/mol. The molecule has 0 saturated carbocycles. The summed E-state index contributed by atoms with van der Waals surface area (Å²) in [6, 6.07) is 85.4. The van der Waals surface area contributed by atoms with Crippen molar-refractivity contribution in [1.29, 1.82) is 0 Å². The van der Waals surface area contributed by atoms with Gasteiger partial charge in [-0.05, 0) is 120 Å². The molecule has 1 heterocycles. The third kappa shape index (κ3) is 6.04. The van der Waals surface area contributed by atoms with Gasteiger partial charge in [0, 0.05) is 22.3 Å². The summed E-state index contributed by atoms with van der Waals surface area (Å²) in [5, 5.41) is 9.48. The molecule has 0 fully saturated rings. The highest BCUT2D eigenvalue weighted by molar-refractivity contribution is 6.19. The molecule has 1 aromatic heterocycles. The summed E-state index contributed by atoms with van der Waals surface area (Å²) in [5.74, 6) is 0. The van der Waals surface area contributed by atoms with Gasteiger partial charge >= 0.3 is 0 Å². The summed E-state index contributed by atoms with van der Waals surface area (Å²) in [4.78, 5) is 2.41. The first-order valence-corrected chi connectivity index (χ1v) is 21.2. The van der Waals surface area contributed by atoms with E-state index in [1.807, 2.05) is 0 Å². The summed E-state index contributed by atoms with van der Waals surface area (Å²) in [5.41, 5.74) is 14.3. The highest BCUT2D eigenvalue weighted by Crippen LogP contribution is 2.48. The first-order valence-electron chi connectivity index (χ1n) is 21.2. The number of hydrogen-bond donors (Lipinski definition) is 0. The summed E-state index contributed by atoms with van der Waals surface area (Å²) in [6.07, 6.45) is 0. The summed E-state index contributed by atoms with van der Waals surface area (Å²) in [7, 11) is 0. The fourth-order valence-corrected chi connectivity index (χ4v) is 9.49. The van der Waals surface area contributed by atoms with Crippen LogP contribution in [0.4, 0.5) is 17.1 Å². The van der Waals surface area contributed by atoms with Crippen molar-refractivity contribution in [1.82, 2.24) is 0 Å². The van der Waals surface area contributed by atoms with E-state index in [1.54, 1.807) is 0 Å². The fraction of sp³-hybridized carbons (Fsp3) is 0. The van der Waals surface area contributed by atoms with Crippen molar-refractivity contribution in [3.63, 3.8) is 0 Å². The Balaban J connectivity index is 1.07. The van der Waals surface area contributed by atoms with Crippen LogP contribution in [0.25, 0.3) is 98.8 Å². The van der Waals surface area contributed by atoms with Gasteiger partial charge in [0.25, 0.3) is 0 Å². The maximum Gasteiger partial charge on any atom is 0.145 e. The fourth-order valence-electron chi connectivity index (χ4n) is 9.49. The lowest BCUT2D eigenvalue weighted by Gasteiger charge is -2.27. The van der Waals surface area contributed by atoms with Gasteiger partial charge in [-0.25, -0.2) is 0 Å². The van der Waals surface area contributed by atoms with Gasteiger partial charge in [-0.1, -0.05) is 188 Å². The Morgan fingerprint density at radius 2 is 0.871 bits per heavy atom. The standard InChI is InChI=1S/C60H39NO/c1-3-14-40(15-4-1)45-30-34-51(56(39-45)42-16-5-2-6-17-42)44-28-31-47(32-29-44)61(48-33-35-52-46(38-48)27-26-43-19-8-9-21-49(43)52)57-37-36-54(53-24-13-20-41-18-7-10-22-50(41)53)60-59(57)55-23-11-12-25-58(55)62-60/h1-39H. The third-order valence-electron chi connectivity index (χ3n) is 12.5. The summed E-state index contributed by atoms with van der Waals surface area (Å²) in [6.45, 7) is 0. The van der Waals surface area contributed by atoms with Crippen molar-refractivity contribution in [2.75, 3.05) is 4.90 Å². The van der Waals surface area contributed by atoms with Crippen LogP contribution in [-0.2, 0) is 0 Å². The van der Waals surface area contributed by atoms with Crippen molar-refractivity contribution in [2.24, 2.45) is 0 Å². The van der Waals surface area contributed by atoms with Gasteiger partial charge in [0.2, 0.25) is 0 Å². The molecule has 0 N–H and O–H groups in total. The molecule has 62 heavy (non-hydrogen) atoms. The van der Waals surface area contributed by atoms with Crippen LogP contribution in [0.15, 0.2) is 241 Å². The van der Waals surface area contributed by atoms with Crippen molar-refractivity contribution in [2.45, 2.75) is 0 Å². The molecule has 11 aromatic carbocycles. The highest BCUT2D eigenvalue weighted by Gasteiger charge is 2.23. The van der Waals surface area contributed by atoms with Gasteiger partial charge in [-0.15, -0.1) is 0 Å². The molecule has 290 valence electrons. The Morgan fingerprint density at radius 1 is 0.290 bits per heavy atom. The number of para-hydroxylation sites is 1. The first kappa shape index (κ1) is 35.7. The molecular formula is C60H39NO. The van der Waals surface area contributed by atoms with E-state index in [9.17, 15) is 0 Å². The number of rotatable bonds is 7. The SMILES string of the molecule is c1ccc(-c2ccc(-c3ccc(N(c4ccc5c(ccc6ccccc65)c4)c4ccc(-c5cccc6ccccc56)c5oc6ccccc6c45)cc3)c(-c3ccccc3)c2)cc1. The number of hydrogen-bond acceptors (Lipinski definition) is 2. The van der Waals surface area contributed by atoms with Crippen LogP contribution >= 0.6 is 0 Å². The average Bonchev–Trinajstić information content (AvgIpc) is 3.75. The molecule has 0 unspecified atom stereocenters. The number of anilines is 3. The lowest BCUT2D eigenvalue weighted by atomic mass is 9.91. The van der Waals surface area contributed by atoms with Gasteiger partial charge in [-0.3, -0.25) is 0 Å². The molecule has 0 saturated heterocycles. The third-order valence-corrected chi connectivity index (χ3v) is 12.5. The molecule has 12 aromatic rings. The monoisotopic (exact) mass is 789 g/mol. The van der Waals surface area contributed by atoms with Crippen LogP contribution in [0.2, 0.25) is 0 Å². The largest absolute Gasteiger partial charge is 0.455 e. The van der Waals surface area contributed by atoms with Crippen molar-refractivity contribution in [3.05, 3.63) is 237 Å². The topological polar surface area (TPSA) is 16.4 Å². The van der Waals surface area contributed by atoms with Crippen LogP contribution < -0.4 is 4.90 Å². The van der Waals surface area contributed by atoms with Crippen molar-refractivity contribution >= 4 is 71.3 Å². The number of furan rings is 1. The molecule has 0 aliphatic carbocycles. The molecule has 2 nitrogen and oxygen atoms in total. The number of nitrogens with zero attached hydrogens (tertiary/aromatic N) is 1. The van der Waals surface area contributed by atoms with Crippen molar-refractivity contribution < 1.29 is 4.42 Å². The van der Waals surface area contributed by atoms with E-state index in [2.05, 4.69) is 241 Å². The zero-order valence-electron chi connectivity index (χ0n) is 33.9. The minimum absolute atomic E-state index is 0.865. The second kappa shape index (κ2) is 14.8. The van der Waals surface area contributed by atoms with Crippen LogP contribution in [-0.4, -0.2) is 0 Å². The number of benzene rings is 11. The van der Waals surface area contributed by atoms with E-state index >= 15 is 0 Å². The Bertz CT molecular complexity index is 3620. The maximum absolute atomic E-state index is 6.91. The Hall–Kier alpha value is -8.20. The molecule has 2 heteroatoms. The van der Waals surface area contributed by atoms with Gasteiger partial charge < -0.3 is 9.32 Å². The van der Waals surface area contributed by atoms with E-state index in [4.69, 9.17) is 4.42 Å². The first-order chi connectivity index (χ1) is 30.7. The van der Waals surface area contributed by atoms with Crippen LogP contribution in [0, 0.1) is 0 Å². The molecule has 0 aliphatic rings. The number of fused-ring (bicyclic) bond motifs is 7.